The van der Waals surface area contributed by atoms with Crippen LogP contribution in [-0.2, 0) is 9.53 Å². The summed E-state index contributed by atoms with van der Waals surface area (Å²) in [6, 6.07) is 16.2. The first-order valence-corrected chi connectivity index (χ1v) is 8.14. The quantitative estimate of drug-likeness (QED) is 0.799. The number of nitrogens with one attached hydrogen (secondary N) is 2. The Morgan fingerprint density at radius 1 is 0.958 bits per heavy atom. The lowest BCUT2D eigenvalue weighted by Gasteiger charge is -2.23. The van der Waals surface area contributed by atoms with Gasteiger partial charge in [-0.1, -0.05) is 42.5 Å². The molecule has 0 radical (unpaired) electrons. The highest BCUT2D eigenvalue weighted by atomic mass is 16.5. The number of ketones is 1. The van der Waals surface area contributed by atoms with E-state index < -0.39 is 0 Å². The molecule has 3 rings (SSSR count). The maximum absolute atomic E-state index is 12.7. The van der Waals surface area contributed by atoms with Crippen LogP contribution < -0.4 is 10.2 Å². The van der Waals surface area contributed by atoms with Gasteiger partial charge >= 0.3 is 0 Å². The Bertz CT molecular complexity index is 710. The van der Waals surface area contributed by atoms with E-state index in [4.69, 9.17) is 4.74 Å². The van der Waals surface area contributed by atoms with E-state index in [1.54, 1.807) is 30.3 Å². The maximum atomic E-state index is 12.7. The van der Waals surface area contributed by atoms with E-state index in [0.717, 1.165) is 13.1 Å². The maximum Gasteiger partial charge on any atom is 0.279 e. The van der Waals surface area contributed by atoms with E-state index in [2.05, 4.69) is 5.32 Å². The molecule has 5 heteroatoms. The van der Waals surface area contributed by atoms with Gasteiger partial charge < -0.3 is 15.0 Å². The molecule has 2 aromatic rings. The lowest BCUT2D eigenvalue weighted by atomic mass is 10.0. The van der Waals surface area contributed by atoms with Crippen molar-refractivity contribution in [3.8, 4) is 0 Å². The molecule has 1 aliphatic rings. The van der Waals surface area contributed by atoms with Crippen molar-refractivity contribution in [1.82, 2.24) is 0 Å². The number of carbonyl (C=O) groups excluding carboxylic acids is 2. The SMILES string of the molecule is O=C(C[NH+]1CCOCC1)Nc1ccccc1C(=O)c1ccccc1. The summed E-state index contributed by atoms with van der Waals surface area (Å²) in [4.78, 5) is 26.2. The molecule has 0 unspecified atom stereocenters. The highest BCUT2D eigenvalue weighted by molar-refractivity contribution is 6.13. The van der Waals surface area contributed by atoms with Crippen LogP contribution in [-0.4, -0.2) is 44.5 Å². The van der Waals surface area contributed by atoms with Crippen molar-refractivity contribution in [3.05, 3.63) is 65.7 Å². The topological polar surface area (TPSA) is 59.8 Å². The summed E-state index contributed by atoms with van der Waals surface area (Å²) in [7, 11) is 0. The number of amides is 1. The molecule has 0 spiro atoms. The molecule has 0 aliphatic carbocycles. The van der Waals surface area contributed by atoms with E-state index in [9.17, 15) is 9.59 Å². The number of morpholine rings is 1. The summed E-state index contributed by atoms with van der Waals surface area (Å²) >= 11 is 0. The molecular weight excluding hydrogens is 304 g/mol. The second-order valence-electron chi connectivity index (χ2n) is 5.83. The lowest BCUT2D eigenvalue weighted by molar-refractivity contribution is -0.899. The number of rotatable bonds is 5. The number of ether oxygens (including phenoxy) is 1. The molecule has 0 atom stereocenters. The predicted molar refractivity (Wildman–Crippen MR) is 91.3 cm³/mol. The van der Waals surface area contributed by atoms with Crippen LogP contribution in [0.15, 0.2) is 54.6 Å². The highest BCUT2D eigenvalue weighted by Gasteiger charge is 2.19. The van der Waals surface area contributed by atoms with E-state index in [1.807, 2.05) is 24.3 Å². The second kappa shape index (κ2) is 7.86. The van der Waals surface area contributed by atoms with Crippen molar-refractivity contribution >= 4 is 17.4 Å². The zero-order valence-electron chi connectivity index (χ0n) is 13.5. The first-order chi connectivity index (χ1) is 11.7. The second-order valence-corrected chi connectivity index (χ2v) is 5.83. The fraction of sp³-hybridized carbons (Fsp3) is 0.263. The van der Waals surface area contributed by atoms with Crippen LogP contribution >= 0.6 is 0 Å². The van der Waals surface area contributed by atoms with Crippen LogP contribution in [0.2, 0.25) is 0 Å². The standard InChI is InChI=1S/C19H20N2O3/c22-18(14-21-10-12-24-13-11-21)20-17-9-5-4-8-16(17)19(23)15-6-2-1-3-7-15/h1-9H,10-14H2,(H,20,22)/p+1. The number of para-hydroxylation sites is 1. The zero-order valence-corrected chi connectivity index (χ0v) is 13.5. The average molecular weight is 325 g/mol. The van der Waals surface area contributed by atoms with E-state index in [1.165, 1.54) is 4.90 Å². The normalized spacial score (nSPS) is 15.0. The van der Waals surface area contributed by atoms with Crippen LogP contribution in [0.1, 0.15) is 15.9 Å². The molecule has 1 amide bonds. The molecular formula is C19H21N2O3+. The molecule has 0 saturated carbocycles. The lowest BCUT2D eigenvalue weighted by Crippen LogP contribution is -3.15. The fourth-order valence-corrected chi connectivity index (χ4v) is 2.79. The van der Waals surface area contributed by atoms with Gasteiger partial charge in [0.05, 0.1) is 18.9 Å². The van der Waals surface area contributed by atoms with E-state index >= 15 is 0 Å². The Balaban J connectivity index is 1.72. The highest BCUT2D eigenvalue weighted by Crippen LogP contribution is 2.19. The van der Waals surface area contributed by atoms with Crippen molar-refractivity contribution in [3.63, 3.8) is 0 Å². The molecule has 2 N–H and O–H groups in total. The third-order valence-corrected chi connectivity index (χ3v) is 4.09. The first kappa shape index (κ1) is 16.4. The predicted octanol–water partition coefficient (Wildman–Crippen LogP) is 0.771. The van der Waals surface area contributed by atoms with Crippen molar-refractivity contribution in [2.45, 2.75) is 0 Å². The fourth-order valence-electron chi connectivity index (χ4n) is 2.79. The molecule has 0 aromatic heterocycles. The summed E-state index contributed by atoms with van der Waals surface area (Å²) in [5, 5.41) is 2.89. The number of anilines is 1. The largest absolute Gasteiger partial charge is 0.370 e. The van der Waals surface area contributed by atoms with Gasteiger partial charge in [-0.2, -0.15) is 0 Å². The minimum Gasteiger partial charge on any atom is -0.370 e. The molecule has 1 heterocycles. The van der Waals surface area contributed by atoms with Crippen molar-refractivity contribution in [2.24, 2.45) is 0 Å². The third kappa shape index (κ3) is 4.07. The van der Waals surface area contributed by atoms with Gasteiger partial charge in [-0.05, 0) is 12.1 Å². The Kier molecular flexibility index (Phi) is 5.36. The monoisotopic (exact) mass is 325 g/mol. The van der Waals surface area contributed by atoms with Gasteiger partial charge in [0.2, 0.25) is 0 Å². The number of quaternary nitrogens is 1. The number of carbonyl (C=O) groups is 2. The number of benzene rings is 2. The molecule has 1 fully saturated rings. The molecule has 5 nitrogen and oxygen atoms in total. The van der Waals surface area contributed by atoms with Gasteiger partial charge in [0, 0.05) is 11.1 Å². The minimum atomic E-state index is -0.0924. The Morgan fingerprint density at radius 3 is 2.38 bits per heavy atom. The summed E-state index contributed by atoms with van der Waals surface area (Å²) in [6.45, 7) is 3.42. The zero-order chi connectivity index (χ0) is 16.8. The molecule has 124 valence electrons. The Hall–Kier alpha value is -2.50. The Morgan fingerprint density at radius 2 is 1.62 bits per heavy atom. The van der Waals surface area contributed by atoms with Gasteiger partial charge in [0.15, 0.2) is 12.3 Å². The first-order valence-electron chi connectivity index (χ1n) is 8.14. The van der Waals surface area contributed by atoms with Crippen LogP contribution in [0.4, 0.5) is 5.69 Å². The van der Waals surface area contributed by atoms with E-state index in [-0.39, 0.29) is 11.7 Å². The number of hydrogen-bond donors (Lipinski definition) is 2. The van der Waals surface area contributed by atoms with Crippen LogP contribution in [0.5, 0.6) is 0 Å². The van der Waals surface area contributed by atoms with Gasteiger partial charge in [-0.3, -0.25) is 9.59 Å². The van der Waals surface area contributed by atoms with Gasteiger partial charge in [-0.15, -0.1) is 0 Å². The van der Waals surface area contributed by atoms with Gasteiger partial charge in [-0.25, -0.2) is 0 Å². The smallest absolute Gasteiger partial charge is 0.279 e. The number of hydrogen-bond acceptors (Lipinski definition) is 3. The van der Waals surface area contributed by atoms with Crippen LogP contribution in [0, 0.1) is 0 Å². The summed E-state index contributed by atoms with van der Waals surface area (Å²) in [5.41, 5.74) is 1.68. The summed E-state index contributed by atoms with van der Waals surface area (Å²) in [5.74, 6) is -0.176. The van der Waals surface area contributed by atoms with Gasteiger partial charge in [0.25, 0.3) is 5.91 Å². The molecule has 0 bridgehead atoms. The molecule has 2 aromatic carbocycles. The van der Waals surface area contributed by atoms with Crippen molar-refractivity contribution < 1.29 is 19.2 Å². The van der Waals surface area contributed by atoms with E-state index in [0.29, 0.717) is 36.6 Å². The van der Waals surface area contributed by atoms with Crippen LogP contribution in [0.25, 0.3) is 0 Å². The summed E-state index contributed by atoms with van der Waals surface area (Å²) in [6.07, 6.45) is 0. The molecule has 1 aliphatic heterocycles. The van der Waals surface area contributed by atoms with Crippen molar-refractivity contribution in [1.29, 1.82) is 0 Å². The molecule has 1 saturated heterocycles. The minimum absolute atomic E-state index is 0.0831. The summed E-state index contributed by atoms with van der Waals surface area (Å²) < 4.78 is 5.30. The Labute approximate surface area is 141 Å². The van der Waals surface area contributed by atoms with Crippen LogP contribution in [0.3, 0.4) is 0 Å². The third-order valence-electron chi connectivity index (χ3n) is 4.09. The van der Waals surface area contributed by atoms with Gasteiger partial charge in [0.1, 0.15) is 13.1 Å². The average Bonchev–Trinajstić information content (AvgIpc) is 2.63. The van der Waals surface area contributed by atoms with Crippen molar-refractivity contribution in [2.75, 3.05) is 38.2 Å². The molecule has 24 heavy (non-hydrogen) atoms.